The van der Waals surface area contributed by atoms with Crippen molar-refractivity contribution in [2.75, 3.05) is 4.90 Å². The smallest absolute Gasteiger partial charge is 0.267 e. The van der Waals surface area contributed by atoms with Gasteiger partial charge in [0.1, 0.15) is 10.6 Å². The lowest BCUT2D eigenvalue weighted by molar-refractivity contribution is 0.0925. The zero-order valence-electron chi connectivity index (χ0n) is 14.0. The van der Waals surface area contributed by atoms with E-state index in [1.807, 2.05) is 6.07 Å². The number of fused-ring (bicyclic) bond motifs is 3. The van der Waals surface area contributed by atoms with Crippen LogP contribution in [0.3, 0.4) is 0 Å². The second-order valence-corrected chi connectivity index (χ2v) is 7.40. The number of anilines is 1. The Balaban J connectivity index is 1.74. The Labute approximate surface area is 166 Å². The Kier molecular flexibility index (Phi) is 3.65. The molecule has 9 heteroatoms. The number of halogens is 1. The van der Waals surface area contributed by atoms with Crippen LogP contribution >= 0.6 is 22.9 Å². The van der Waals surface area contributed by atoms with Crippen LogP contribution in [0.1, 0.15) is 20.2 Å². The number of carbonyl (C=O) groups is 2. The summed E-state index contributed by atoms with van der Waals surface area (Å²) < 4.78 is 1.16. The molecule has 0 unspecified atom stereocenters. The van der Waals surface area contributed by atoms with Gasteiger partial charge in [-0.05, 0) is 12.1 Å². The Hall–Kier alpha value is -3.36. The van der Waals surface area contributed by atoms with Crippen molar-refractivity contribution in [1.82, 2.24) is 14.6 Å². The van der Waals surface area contributed by atoms with Gasteiger partial charge in [0.05, 0.1) is 10.7 Å². The van der Waals surface area contributed by atoms with Gasteiger partial charge in [0.25, 0.3) is 17.4 Å². The number of aromatic nitrogens is 3. The molecule has 0 saturated heterocycles. The maximum atomic E-state index is 13.1. The molecule has 1 aliphatic heterocycles. The molecule has 0 N–H and O–H groups in total. The maximum absolute atomic E-state index is 13.1. The zero-order chi connectivity index (χ0) is 19.4. The lowest BCUT2D eigenvalue weighted by Crippen LogP contribution is -2.31. The molecule has 0 bridgehead atoms. The summed E-state index contributed by atoms with van der Waals surface area (Å²) in [4.78, 5) is 40.4. The largest absolute Gasteiger partial charge is 0.286 e. The van der Waals surface area contributed by atoms with Crippen molar-refractivity contribution >= 4 is 45.4 Å². The lowest BCUT2D eigenvalue weighted by atomic mass is 10.2. The third-order valence-electron chi connectivity index (χ3n) is 4.41. The van der Waals surface area contributed by atoms with Gasteiger partial charge in [0, 0.05) is 5.56 Å². The molecule has 3 heterocycles. The molecule has 2 amide bonds. The van der Waals surface area contributed by atoms with E-state index in [1.54, 1.807) is 48.5 Å². The van der Waals surface area contributed by atoms with Crippen LogP contribution in [0.2, 0.25) is 5.02 Å². The molecule has 0 atom stereocenters. The van der Waals surface area contributed by atoms with Crippen LogP contribution in [-0.4, -0.2) is 26.4 Å². The average Bonchev–Trinajstić information content (AvgIpc) is 3.20. The van der Waals surface area contributed by atoms with Gasteiger partial charge in [-0.2, -0.15) is 0 Å². The van der Waals surface area contributed by atoms with Crippen molar-refractivity contribution in [2.45, 2.75) is 0 Å². The van der Waals surface area contributed by atoms with E-state index < -0.39 is 17.4 Å². The first-order valence-electron chi connectivity index (χ1n) is 8.19. The highest BCUT2D eigenvalue weighted by Gasteiger charge is 2.42. The van der Waals surface area contributed by atoms with Gasteiger partial charge < -0.3 is 0 Å². The summed E-state index contributed by atoms with van der Waals surface area (Å²) in [6.45, 7) is 0. The van der Waals surface area contributed by atoms with Crippen LogP contribution in [0.5, 0.6) is 0 Å². The molecule has 4 aromatic rings. The molecule has 0 radical (unpaired) electrons. The van der Waals surface area contributed by atoms with Gasteiger partial charge >= 0.3 is 0 Å². The van der Waals surface area contributed by atoms with Crippen LogP contribution in [0.25, 0.3) is 16.2 Å². The monoisotopic (exact) mass is 408 g/mol. The third kappa shape index (κ3) is 2.25. The predicted molar refractivity (Wildman–Crippen MR) is 105 cm³/mol. The summed E-state index contributed by atoms with van der Waals surface area (Å²) in [5, 5.41) is 8.31. The topological polar surface area (TPSA) is 84.6 Å². The minimum Gasteiger partial charge on any atom is -0.267 e. The lowest BCUT2D eigenvalue weighted by Gasteiger charge is -2.15. The first kappa shape index (κ1) is 16.8. The van der Waals surface area contributed by atoms with Gasteiger partial charge in [-0.1, -0.05) is 65.4 Å². The number of amides is 2. The number of benzene rings is 2. The summed E-state index contributed by atoms with van der Waals surface area (Å²) in [6, 6.07) is 15.4. The number of carbonyl (C=O) groups excluding carboxylic acids is 2. The number of hydrogen-bond acceptors (Lipinski definition) is 6. The molecular formula is C19H9ClN4O3S. The molecule has 0 spiro atoms. The van der Waals surface area contributed by atoms with E-state index in [-0.39, 0.29) is 31.9 Å². The normalized spacial score (nSPS) is 13.4. The van der Waals surface area contributed by atoms with Gasteiger partial charge in [-0.25, -0.2) is 9.30 Å². The van der Waals surface area contributed by atoms with E-state index in [0.29, 0.717) is 5.56 Å². The summed E-state index contributed by atoms with van der Waals surface area (Å²) in [5.41, 5.74) is 0.441. The fourth-order valence-electron chi connectivity index (χ4n) is 3.14. The van der Waals surface area contributed by atoms with E-state index in [9.17, 15) is 14.4 Å². The van der Waals surface area contributed by atoms with Crippen molar-refractivity contribution in [1.29, 1.82) is 0 Å². The van der Waals surface area contributed by atoms with Crippen molar-refractivity contribution in [2.24, 2.45) is 0 Å². The van der Waals surface area contributed by atoms with E-state index >= 15 is 0 Å². The van der Waals surface area contributed by atoms with Crippen molar-refractivity contribution in [3.05, 3.63) is 80.5 Å². The second kappa shape index (κ2) is 6.08. The maximum Gasteiger partial charge on any atom is 0.286 e. The predicted octanol–water partition coefficient (Wildman–Crippen LogP) is 3.27. The fourth-order valence-corrected chi connectivity index (χ4v) is 4.35. The molecule has 2 aromatic carbocycles. The average molecular weight is 409 g/mol. The van der Waals surface area contributed by atoms with Crippen LogP contribution in [-0.2, 0) is 0 Å². The van der Waals surface area contributed by atoms with Crippen LogP contribution in [0.15, 0.2) is 59.4 Å². The van der Waals surface area contributed by atoms with Gasteiger partial charge in [0.2, 0.25) is 4.96 Å². The van der Waals surface area contributed by atoms with Crippen LogP contribution in [0, 0.1) is 0 Å². The number of thiazole rings is 1. The third-order valence-corrected chi connectivity index (χ3v) is 5.75. The molecular weight excluding hydrogens is 400 g/mol. The van der Waals surface area contributed by atoms with E-state index in [4.69, 9.17) is 11.6 Å². The summed E-state index contributed by atoms with van der Waals surface area (Å²) in [7, 11) is 0. The molecule has 7 nitrogen and oxygen atoms in total. The summed E-state index contributed by atoms with van der Waals surface area (Å²) in [5.74, 6) is -1.15. The Morgan fingerprint density at radius 1 is 0.857 bits per heavy atom. The number of rotatable bonds is 2. The Bertz CT molecular complexity index is 1350. The molecule has 2 aromatic heterocycles. The van der Waals surface area contributed by atoms with E-state index in [0.717, 1.165) is 20.6 Å². The first-order chi connectivity index (χ1) is 13.6. The number of para-hydroxylation sites is 1. The number of nitrogens with zero attached hydrogens (tertiary/aromatic N) is 4. The minimum atomic E-state index is -0.617. The minimum absolute atomic E-state index is 0.0120. The van der Waals surface area contributed by atoms with E-state index in [2.05, 4.69) is 10.2 Å². The summed E-state index contributed by atoms with van der Waals surface area (Å²) >= 11 is 7.12. The molecule has 5 rings (SSSR count). The number of hydrogen-bond donors (Lipinski definition) is 0. The highest BCUT2D eigenvalue weighted by atomic mass is 35.5. The molecule has 1 aliphatic rings. The SMILES string of the molecule is O=C1c2sc3nnc(-c4ccccc4)c(=O)n3c2C(=O)N1c1ccccc1Cl. The van der Waals surface area contributed by atoms with Crippen LogP contribution < -0.4 is 10.5 Å². The van der Waals surface area contributed by atoms with Crippen LogP contribution in [0.4, 0.5) is 5.69 Å². The molecule has 0 aliphatic carbocycles. The van der Waals surface area contributed by atoms with E-state index in [1.165, 1.54) is 0 Å². The summed E-state index contributed by atoms with van der Waals surface area (Å²) in [6.07, 6.45) is 0. The zero-order valence-corrected chi connectivity index (χ0v) is 15.6. The highest BCUT2D eigenvalue weighted by molar-refractivity contribution is 7.19. The molecule has 136 valence electrons. The van der Waals surface area contributed by atoms with Crippen molar-refractivity contribution < 1.29 is 9.59 Å². The first-order valence-corrected chi connectivity index (χ1v) is 9.38. The molecule has 0 fully saturated rings. The number of imide groups is 1. The van der Waals surface area contributed by atoms with Crippen molar-refractivity contribution in [3.63, 3.8) is 0 Å². The van der Waals surface area contributed by atoms with Gasteiger partial charge in [0.15, 0.2) is 5.69 Å². The highest BCUT2D eigenvalue weighted by Crippen LogP contribution is 2.36. The Morgan fingerprint density at radius 2 is 1.57 bits per heavy atom. The molecule has 28 heavy (non-hydrogen) atoms. The van der Waals surface area contributed by atoms with Gasteiger partial charge in [-0.3, -0.25) is 14.4 Å². The standard InChI is InChI=1S/C19H9ClN4O3S/c20-11-8-4-5-9-12(11)23-17(26)14-15(18(23)27)28-19-22-21-13(16(25)24(14)19)10-6-2-1-3-7-10/h1-9H. The Morgan fingerprint density at radius 3 is 2.32 bits per heavy atom. The van der Waals surface area contributed by atoms with Gasteiger partial charge in [-0.15, -0.1) is 10.2 Å². The second-order valence-electron chi connectivity index (χ2n) is 6.01. The molecule has 0 saturated carbocycles. The van der Waals surface area contributed by atoms with Crippen molar-refractivity contribution in [3.8, 4) is 11.3 Å². The fraction of sp³-hybridized carbons (Fsp3) is 0. The quantitative estimate of drug-likeness (QED) is 0.475.